The van der Waals surface area contributed by atoms with Crippen LogP contribution in [0.5, 0.6) is 0 Å². The Morgan fingerprint density at radius 3 is 2.52 bits per heavy atom. The summed E-state index contributed by atoms with van der Waals surface area (Å²) in [5.74, 6) is -1.80. The quantitative estimate of drug-likeness (QED) is 0.655. The third-order valence-electron chi connectivity index (χ3n) is 3.10. The molecule has 23 heavy (non-hydrogen) atoms. The van der Waals surface area contributed by atoms with Crippen molar-refractivity contribution in [2.45, 2.75) is 24.0 Å². The van der Waals surface area contributed by atoms with E-state index >= 15 is 0 Å². The van der Waals surface area contributed by atoms with Gasteiger partial charge in [0.1, 0.15) is 11.6 Å². The molecule has 1 amide bonds. The van der Waals surface area contributed by atoms with Gasteiger partial charge in [0, 0.05) is 22.2 Å². The molecule has 2 rings (SSSR count). The molecule has 0 saturated carbocycles. The highest BCUT2D eigenvalue weighted by atomic mass is 32.2. The summed E-state index contributed by atoms with van der Waals surface area (Å²) in [6.45, 7) is 3.06. The molecule has 6 heteroatoms. The molecule has 0 aromatic heterocycles. The van der Waals surface area contributed by atoms with Crippen LogP contribution in [-0.2, 0) is 4.79 Å². The molecule has 0 unspecified atom stereocenters. The van der Waals surface area contributed by atoms with Crippen LogP contribution in [0.2, 0.25) is 0 Å². The summed E-state index contributed by atoms with van der Waals surface area (Å²) in [5, 5.41) is 2.09. The van der Waals surface area contributed by atoms with Crippen LogP contribution in [0.15, 0.2) is 47.4 Å². The zero-order valence-electron chi connectivity index (χ0n) is 12.6. The van der Waals surface area contributed by atoms with Gasteiger partial charge in [0.25, 0.3) is 0 Å². The lowest BCUT2D eigenvalue weighted by molar-refractivity contribution is -0.115. The van der Waals surface area contributed by atoms with Crippen LogP contribution in [-0.4, -0.2) is 16.9 Å². The van der Waals surface area contributed by atoms with Gasteiger partial charge >= 0.3 is 0 Å². The number of nitrogens with one attached hydrogen (secondary N) is 1. The molecule has 0 saturated heterocycles. The first kappa shape index (κ1) is 17.1. The predicted octanol–water partition coefficient (Wildman–Crippen LogP) is 4.29. The highest BCUT2D eigenvalue weighted by molar-refractivity contribution is 8.00. The van der Waals surface area contributed by atoms with Crippen LogP contribution in [0.3, 0.4) is 0 Å². The summed E-state index contributed by atoms with van der Waals surface area (Å²) in [6, 6.07) is 9.80. The van der Waals surface area contributed by atoms with E-state index in [0.717, 1.165) is 23.9 Å². The lowest BCUT2D eigenvalue weighted by Crippen LogP contribution is -2.22. The van der Waals surface area contributed by atoms with E-state index in [1.165, 1.54) is 13.0 Å². The lowest BCUT2D eigenvalue weighted by atomic mass is 10.1. The zero-order chi connectivity index (χ0) is 17.0. The van der Waals surface area contributed by atoms with Gasteiger partial charge < -0.3 is 5.32 Å². The number of rotatable bonds is 5. The van der Waals surface area contributed by atoms with E-state index in [4.69, 9.17) is 0 Å². The van der Waals surface area contributed by atoms with Crippen molar-refractivity contribution in [1.82, 2.24) is 0 Å². The molecule has 2 aromatic carbocycles. The van der Waals surface area contributed by atoms with E-state index in [1.807, 2.05) is 0 Å². The average Bonchev–Trinajstić information content (AvgIpc) is 2.50. The summed E-state index contributed by atoms with van der Waals surface area (Å²) in [6.07, 6.45) is 0. The van der Waals surface area contributed by atoms with Crippen LogP contribution >= 0.6 is 11.8 Å². The molecule has 0 aliphatic carbocycles. The number of Topliss-reactive ketones (excluding diaryl/α,β-unsaturated/α-hetero) is 1. The molecule has 0 bridgehead atoms. The number of thioether (sulfide) groups is 1. The maximum Gasteiger partial charge on any atom is 0.237 e. The zero-order valence-corrected chi connectivity index (χ0v) is 13.4. The molecule has 0 spiro atoms. The number of benzene rings is 2. The van der Waals surface area contributed by atoms with Crippen molar-refractivity contribution >= 4 is 29.1 Å². The standard InChI is InChI=1S/C17H15F2NO2S/c1-10(21)12-4-3-5-14(8-12)20-17(22)11(2)23-16-7-6-13(18)9-15(16)19/h3-9,11H,1-2H3,(H,20,22)/t11-/m1/s1. The SMILES string of the molecule is CC(=O)c1cccc(NC(=O)[C@@H](C)Sc2ccc(F)cc2F)c1. The number of carbonyl (C=O) groups excluding carboxylic acids is 2. The lowest BCUT2D eigenvalue weighted by Gasteiger charge is -2.13. The molecule has 0 aliphatic heterocycles. The summed E-state index contributed by atoms with van der Waals surface area (Å²) in [4.78, 5) is 23.7. The fourth-order valence-corrected chi connectivity index (χ4v) is 2.74. The minimum Gasteiger partial charge on any atom is -0.325 e. The van der Waals surface area contributed by atoms with Crippen LogP contribution in [0.1, 0.15) is 24.2 Å². The number of anilines is 1. The van der Waals surface area contributed by atoms with E-state index in [1.54, 1.807) is 31.2 Å². The molecule has 1 atom stereocenters. The Morgan fingerprint density at radius 2 is 1.87 bits per heavy atom. The summed E-state index contributed by atoms with van der Waals surface area (Å²) in [5.41, 5.74) is 0.988. The number of carbonyl (C=O) groups is 2. The summed E-state index contributed by atoms with van der Waals surface area (Å²) < 4.78 is 26.5. The average molecular weight is 335 g/mol. The summed E-state index contributed by atoms with van der Waals surface area (Å²) >= 11 is 0.996. The molecule has 0 radical (unpaired) electrons. The van der Waals surface area contributed by atoms with Gasteiger partial charge in [-0.05, 0) is 38.1 Å². The monoisotopic (exact) mass is 335 g/mol. The second-order valence-electron chi connectivity index (χ2n) is 4.96. The molecule has 0 aliphatic rings. The molecule has 2 aromatic rings. The Bertz CT molecular complexity index is 749. The van der Waals surface area contributed by atoms with Crippen molar-refractivity contribution in [2.24, 2.45) is 0 Å². The van der Waals surface area contributed by atoms with E-state index in [-0.39, 0.29) is 16.6 Å². The molecular formula is C17H15F2NO2S. The van der Waals surface area contributed by atoms with Gasteiger partial charge in [-0.2, -0.15) is 0 Å². The van der Waals surface area contributed by atoms with Crippen LogP contribution in [0.25, 0.3) is 0 Å². The Balaban J connectivity index is 2.05. The fraction of sp³-hybridized carbons (Fsp3) is 0.176. The van der Waals surface area contributed by atoms with Gasteiger partial charge in [0.15, 0.2) is 5.78 Å². The molecule has 0 fully saturated rings. The molecule has 1 N–H and O–H groups in total. The van der Waals surface area contributed by atoms with Crippen LogP contribution in [0, 0.1) is 11.6 Å². The number of halogens is 2. The first-order valence-electron chi connectivity index (χ1n) is 6.90. The maximum atomic E-state index is 13.6. The molecule has 3 nitrogen and oxygen atoms in total. The van der Waals surface area contributed by atoms with E-state index < -0.39 is 16.9 Å². The van der Waals surface area contributed by atoms with Gasteiger partial charge in [-0.25, -0.2) is 8.78 Å². The Morgan fingerprint density at radius 1 is 1.13 bits per heavy atom. The molecular weight excluding hydrogens is 320 g/mol. The smallest absolute Gasteiger partial charge is 0.237 e. The van der Waals surface area contributed by atoms with E-state index in [9.17, 15) is 18.4 Å². The Hall–Kier alpha value is -2.21. The second kappa shape index (κ2) is 7.37. The molecule has 120 valence electrons. The van der Waals surface area contributed by atoms with Crippen molar-refractivity contribution in [1.29, 1.82) is 0 Å². The maximum absolute atomic E-state index is 13.6. The second-order valence-corrected chi connectivity index (χ2v) is 6.34. The van der Waals surface area contributed by atoms with Crippen molar-refractivity contribution in [3.05, 3.63) is 59.7 Å². The number of amides is 1. The van der Waals surface area contributed by atoms with Crippen molar-refractivity contribution in [3.63, 3.8) is 0 Å². The van der Waals surface area contributed by atoms with Crippen molar-refractivity contribution in [3.8, 4) is 0 Å². The summed E-state index contributed by atoms with van der Waals surface area (Å²) in [7, 11) is 0. The van der Waals surface area contributed by atoms with Crippen LogP contribution < -0.4 is 5.32 Å². The highest BCUT2D eigenvalue weighted by Crippen LogP contribution is 2.27. The van der Waals surface area contributed by atoms with E-state index in [2.05, 4.69) is 5.32 Å². The van der Waals surface area contributed by atoms with Gasteiger partial charge in [-0.3, -0.25) is 9.59 Å². The number of ketones is 1. The number of hydrogen-bond acceptors (Lipinski definition) is 3. The fourth-order valence-electron chi connectivity index (χ4n) is 1.87. The third-order valence-corrected chi connectivity index (χ3v) is 4.26. The van der Waals surface area contributed by atoms with Gasteiger partial charge in [0.05, 0.1) is 5.25 Å². The normalized spacial score (nSPS) is 11.8. The predicted molar refractivity (Wildman–Crippen MR) is 86.8 cm³/mol. The largest absolute Gasteiger partial charge is 0.325 e. The van der Waals surface area contributed by atoms with Crippen LogP contribution in [0.4, 0.5) is 14.5 Å². The highest BCUT2D eigenvalue weighted by Gasteiger charge is 2.17. The first-order chi connectivity index (χ1) is 10.9. The topological polar surface area (TPSA) is 46.2 Å². The van der Waals surface area contributed by atoms with Crippen molar-refractivity contribution < 1.29 is 18.4 Å². The molecule has 0 heterocycles. The first-order valence-corrected chi connectivity index (χ1v) is 7.78. The Kier molecular flexibility index (Phi) is 5.50. The van der Waals surface area contributed by atoms with Gasteiger partial charge in [-0.1, -0.05) is 12.1 Å². The number of hydrogen-bond donors (Lipinski definition) is 1. The van der Waals surface area contributed by atoms with Gasteiger partial charge in [0.2, 0.25) is 5.91 Å². The van der Waals surface area contributed by atoms with E-state index in [0.29, 0.717) is 11.3 Å². The third kappa shape index (κ3) is 4.63. The van der Waals surface area contributed by atoms with Gasteiger partial charge in [-0.15, -0.1) is 11.8 Å². The Labute approximate surface area is 137 Å². The minimum atomic E-state index is -0.701. The van der Waals surface area contributed by atoms with Crippen molar-refractivity contribution in [2.75, 3.05) is 5.32 Å². The minimum absolute atomic E-state index is 0.100.